The van der Waals surface area contributed by atoms with E-state index in [4.69, 9.17) is 0 Å². The maximum Gasteiger partial charge on any atom is 0.253 e. The first-order valence-corrected chi connectivity index (χ1v) is 11.6. The second kappa shape index (κ2) is 9.92. The Morgan fingerprint density at radius 3 is 2.00 bits per heavy atom. The summed E-state index contributed by atoms with van der Waals surface area (Å²) in [6.07, 6.45) is 1.82. The molecule has 6 nitrogen and oxygen atoms in total. The number of nitrogens with zero attached hydrogens (tertiary/aromatic N) is 3. The maximum atomic E-state index is 12.8. The summed E-state index contributed by atoms with van der Waals surface area (Å²) in [6, 6.07) is 16.8. The van der Waals surface area contributed by atoms with Gasteiger partial charge < -0.3 is 4.90 Å². The summed E-state index contributed by atoms with van der Waals surface area (Å²) in [6.45, 7) is 5.08. The van der Waals surface area contributed by atoms with Gasteiger partial charge in [0.25, 0.3) is 5.91 Å². The highest BCUT2D eigenvalue weighted by atomic mass is 35.5. The lowest BCUT2D eigenvalue weighted by Crippen LogP contribution is -2.48. The maximum absolute atomic E-state index is 12.8. The number of halogens is 1. The zero-order valence-corrected chi connectivity index (χ0v) is 18.6. The Morgan fingerprint density at radius 2 is 1.40 bits per heavy atom. The number of benzene rings is 2. The van der Waals surface area contributed by atoms with Crippen LogP contribution >= 0.6 is 12.4 Å². The molecule has 2 aliphatic rings. The first kappa shape index (κ1) is 22.7. The van der Waals surface area contributed by atoms with E-state index in [1.54, 1.807) is 24.3 Å². The number of hydrogen-bond acceptors (Lipinski definition) is 4. The molecule has 1 amide bonds. The molecule has 30 heavy (non-hydrogen) atoms. The third-order valence-electron chi connectivity index (χ3n) is 5.71. The van der Waals surface area contributed by atoms with E-state index >= 15 is 0 Å². The molecule has 0 aliphatic carbocycles. The zero-order chi connectivity index (χ0) is 20.3. The highest BCUT2D eigenvalue weighted by Gasteiger charge is 2.28. The molecule has 0 bridgehead atoms. The van der Waals surface area contributed by atoms with Gasteiger partial charge in [-0.2, -0.15) is 4.31 Å². The summed E-state index contributed by atoms with van der Waals surface area (Å²) in [5.41, 5.74) is 1.82. The van der Waals surface area contributed by atoms with Gasteiger partial charge in [0.05, 0.1) is 4.90 Å². The summed E-state index contributed by atoms with van der Waals surface area (Å²) in [4.78, 5) is 17.3. The van der Waals surface area contributed by atoms with Crippen LogP contribution in [0.1, 0.15) is 28.8 Å². The third kappa shape index (κ3) is 5.03. The van der Waals surface area contributed by atoms with Gasteiger partial charge in [0.2, 0.25) is 10.0 Å². The molecular formula is C22H28ClN3O3S. The molecule has 0 aromatic heterocycles. The Labute approximate surface area is 184 Å². The van der Waals surface area contributed by atoms with Crippen LogP contribution in [0.25, 0.3) is 0 Å². The first-order chi connectivity index (χ1) is 14.0. The van der Waals surface area contributed by atoms with Gasteiger partial charge in [-0.1, -0.05) is 30.3 Å². The monoisotopic (exact) mass is 449 g/mol. The first-order valence-electron chi connectivity index (χ1n) is 10.2. The number of carbonyl (C=O) groups is 1. The average molecular weight is 450 g/mol. The molecule has 2 saturated heterocycles. The molecule has 0 atom stereocenters. The average Bonchev–Trinajstić information content (AvgIpc) is 3.31. The fourth-order valence-electron chi connectivity index (χ4n) is 3.98. The molecule has 0 saturated carbocycles. The van der Waals surface area contributed by atoms with Gasteiger partial charge in [-0.3, -0.25) is 9.69 Å². The fraction of sp³-hybridized carbons (Fsp3) is 0.409. The van der Waals surface area contributed by atoms with Crippen molar-refractivity contribution in [1.29, 1.82) is 0 Å². The minimum absolute atomic E-state index is 0. The van der Waals surface area contributed by atoms with E-state index in [0.717, 1.165) is 32.5 Å². The van der Waals surface area contributed by atoms with Crippen LogP contribution in [-0.4, -0.2) is 67.7 Å². The lowest BCUT2D eigenvalue weighted by molar-refractivity contribution is 0.0628. The van der Waals surface area contributed by atoms with Gasteiger partial charge in [0.1, 0.15) is 0 Å². The van der Waals surface area contributed by atoms with Crippen molar-refractivity contribution in [3.63, 3.8) is 0 Å². The molecule has 2 aliphatic heterocycles. The van der Waals surface area contributed by atoms with Crippen LogP contribution in [0.15, 0.2) is 59.5 Å². The second-order valence-corrected chi connectivity index (χ2v) is 9.63. The van der Waals surface area contributed by atoms with Crippen molar-refractivity contribution in [3.05, 3.63) is 65.7 Å². The predicted octanol–water partition coefficient (Wildman–Crippen LogP) is 2.85. The van der Waals surface area contributed by atoms with Crippen LogP contribution < -0.4 is 0 Å². The van der Waals surface area contributed by atoms with Gasteiger partial charge >= 0.3 is 0 Å². The minimum atomic E-state index is -3.44. The molecule has 162 valence electrons. The zero-order valence-electron chi connectivity index (χ0n) is 16.9. The van der Waals surface area contributed by atoms with Crippen molar-refractivity contribution >= 4 is 28.3 Å². The Kier molecular flexibility index (Phi) is 7.52. The summed E-state index contributed by atoms with van der Waals surface area (Å²) in [7, 11) is -3.44. The quantitative estimate of drug-likeness (QED) is 0.704. The van der Waals surface area contributed by atoms with E-state index in [2.05, 4.69) is 17.0 Å². The van der Waals surface area contributed by atoms with Crippen molar-refractivity contribution in [2.75, 3.05) is 39.3 Å². The van der Waals surface area contributed by atoms with E-state index < -0.39 is 10.0 Å². The predicted molar refractivity (Wildman–Crippen MR) is 119 cm³/mol. The third-order valence-corrected chi connectivity index (χ3v) is 7.63. The number of hydrogen-bond donors (Lipinski definition) is 0. The molecule has 2 heterocycles. The highest BCUT2D eigenvalue weighted by molar-refractivity contribution is 7.89. The molecule has 4 rings (SSSR count). The SMILES string of the molecule is Cl.O=C(c1ccc(S(=O)(=O)N2CCCC2)cc1)N1CCN(Cc2ccccc2)CC1. The number of rotatable bonds is 5. The van der Waals surface area contributed by atoms with Crippen LogP contribution in [0.4, 0.5) is 0 Å². The van der Waals surface area contributed by atoms with E-state index in [9.17, 15) is 13.2 Å². The molecule has 0 unspecified atom stereocenters. The van der Waals surface area contributed by atoms with E-state index in [-0.39, 0.29) is 23.2 Å². The lowest BCUT2D eigenvalue weighted by Gasteiger charge is -2.34. The largest absolute Gasteiger partial charge is 0.336 e. The summed E-state index contributed by atoms with van der Waals surface area (Å²) in [5, 5.41) is 0. The van der Waals surface area contributed by atoms with Crippen molar-refractivity contribution in [2.24, 2.45) is 0 Å². The smallest absolute Gasteiger partial charge is 0.253 e. The van der Waals surface area contributed by atoms with E-state index in [0.29, 0.717) is 31.7 Å². The van der Waals surface area contributed by atoms with Crippen molar-refractivity contribution in [1.82, 2.24) is 14.1 Å². The summed E-state index contributed by atoms with van der Waals surface area (Å²) < 4.78 is 26.8. The molecule has 2 aromatic carbocycles. The Morgan fingerprint density at radius 1 is 0.800 bits per heavy atom. The minimum Gasteiger partial charge on any atom is -0.336 e. The standard InChI is InChI=1S/C22H27N3O3S.ClH/c26-22(24-16-14-23(15-17-24)18-19-6-2-1-3-7-19)20-8-10-21(11-9-20)29(27,28)25-12-4-5-13-25;/h1-3,6-11H,4-5,12-18H2;1H. The number of carbonyl (C=O) groups excluding carboxylic acids is 1. The Hall–Kier alpha value is -1.93. The number of piperazine rings is 1. The molecule has 0 N–H and O–H groups in total. The number of sulfonamides is 1. The Balaban J connectivity index is 0.00000256. The lowest BCUT2D eigenvalue weighted by atomic mass is 10.1. The van der Waals surface area contributed by atoms with Crippen LogP contribution in [-0.2, 0) is 16.6 Å². The van der Waals surface area contributed by atoms with E-state index in [1.807, 2.05) is 23.1 Å². The molecule has 0 radical (unpaired) electrons. The van der Waals surface area contributed by atoms with Crippen molar-refractivity contribution in [3.8, 4) is 0 Å². The van der Waals surface area contributed by atoms with Crippen LogP contribution in [0.2, 0.25) is 0 Å². The summed E-state index contributed by atoms with van der Waals surface area (Å²) >= 11 is 0. The van der Waals surface area contributed by atoms with Crippen molar-refractivity contribution in [2.45, 2.75) is 24.3 Å². The second-order valence-electron chi connectivity index (χ2n) is 7.69. The van der Waals surface area contributed by atoms with Crippen LogP contribution in [0.3, 0.4) is 0 Å². The van der Waals surface area contributed by atoms with Gasteiger partial charge in [-0.05, 0) is 42.7 Å². The van der Waals surface area contributed by atoms with E-state index in [1.165, 1.54) is 9.87 Å². The normalized spacial score (nSPS) is 18.2. The topological polar surface area (TPSA) is 60.9 Å². The fourth-order valence-corrected chi connectivity index (χ4v) is 5.50. The van der Waals surface area contributed by atoms with Gasteiger partial charge in [0.15, 0.2) is 0 Å². The highest BCUT2D eigenvalue weighted by Crippen LogP contribution is 2.21. The van der Waals surface area contributed by atoms with Crippen molar-refractivity contribution < 1.29 is 13.2 Å². The molecule has 2 aromatic rings. The molecular weight excluding hydrogens is 422 g/mol. The van der Waals surface area contributed by atoms with Gasteiger partial charge in [0, 0.05) is 51.4 Å². The number of amides is 1. The Bertz CT molecular complexity index is 937. The van der Waals surface area contributed by atoms with Crippen LogP contribution in [0, 0.1) is 0 Å². The van der Waals surface area contributed by atoms with Crippen LogP contribution in [0.5, 0.6) is 0 Å². The summed E-state index contributed by atoms with van der Waals surface area (Å²) in [5.74, 6) is -0.0329. The molecule has 0 spiro atoms. The van der Waals surface area contributed by atoms with Gasteiger partial charge in [-0.15, -0.1) is 12.4 Å². The molecule has 2 fully saturated rings. The van der Waals surface area contributed by atoms with Gasteiger partial charge in [-0.25, -0.2) is 8.42 Å². The molecule has 8 heteroatoms.